The molecule has 120 valence electrons. The minimum Gasteiger partial charge on any atom is -0.397 e. The standard InChI is InChI=1S/C17H20N4O2/c1-12-10-14(18)16(21-6-8-23-9-7-21)11-15(12)20-17(22)13-2-4-19-5-3-13/h2-5,10-11H,6-9,18H2,1H3,(H,20,22). The van der Waals surface area contributed by atoms with Gasteiger partial charge in [0.2, 0.25) is 0 Å². The summed E-state index contributed by atoms with van der Waals surface area (Å²) in [6.45, 7) is 4.90. The quantitative estimate of drug-likeness (QED) is 0.848. The predicted molar refractivity (Wildman–Crippen MR) is 90.8 cm³/mol. The molecule has 6 nitrogen and oxygen atoms in total. The van der Waals surface area contributed by atoms with Crippen molar-refractivity contribution in [3.05, 3.63) is 47.8 Å². The molecule has 1 aromatic carbocycles. The zero-order valence-corrected chi connectivity index (χ0v) is 13.1. The number of ether oxygens (including phenoxy) is 1. The van der Waals surface area contributed by atoms with Crippen molar-refractivity contribution < 1.29 is 9.53 Å². The zero-order chi connectivity index (χ0) is 16.2. The van der Waals surface area contributed by atoms with Gasteiger partial charge in [0, 0.05) is 36.7 Å². The maximum absolute atomic E-state index is 12.3. The highest BCUT2D eigenvalue weighted by Crippen LogP contribution is 2.31. The molecule has 0 spiro atoms. The van der Waals surface area contributed by atoms with Gasteiger partial charge in [-0.25, -0.2) is 0 Å². The van der Waals surface area contributed by atoms with Crippen LogP contribution in [0.1, 0.15) is 15.9 Å². The predicted octanol–water partition coefficient (Wildman–Crippen LogP) is 2.06. The van der Waals surface area contributed by atoms with Crippen molar-refractivity contribution in [3.8, 4) is 0 Å². The topological polar surface area (TPSA) is 80.5 Å². The monoisotopic (exact) mass is 312 g/mol. The molecule has 0 radical (unpaired) electrons. The lowest BCUT2D eigenvalue weighted by molar-refractivity contribution is 0.102. The van der Waals surface area contributed by atoms with Crippen LogP contribution in [0, 0.1) is 6.92 Å². The van der Waals surface area contributed by atoms with E-state index in [9.17, 15) is 4.79 Å². The van der Waals surface area contributed by atoms with Crippen molar-refractivity contribution in [3.63, 3.8) is 0 Å². The van der Waals surface area contributed by atoms with Gasteiger partial charge >= 0.3 is 0 Å². The SMILES string of the molecule is Cc1cc(N)c(N2CCOCC2)cc1NC(=O)c1ccncc1. The Morgan fingerprint density at radius 3 is 2.65 bits per heavy atom. The lowest BCUT2D eigenvalue weighted by Crippen LogP contribution is -2.36. The van der Waals surface area contributed by atoms with Gasteiger partial charge in [0.25, 0.3) is 5.91 Å². The number of anilines is 3. The van der Waals surface area contributed by atoms with Crippen LogP contribution in [0.2, 0.25) is 0 Å². The van der Waals surface area contributed by atoms with Gasteiger partial charge in [-0.15, -0.1) is 0 Å². The molecule has 23 heavy (non-hydrogen) atoms. The molecule has 2 heterocycles. The van der Waals surface area contributed by atoms with E-state index in [1.807, 2.05) is 19.1 Å². The third-order valence-electron chi connectivity index (χ3n) is 3.92. The van der Waals surface area contributed by atoms with Crippen molar-refractivity contribution in [2.75, 3.05) is 42.3 Å². The summed E-state index contributed by atoms with van der Waals surface area (Å²) in [6.07, 6.45) is 3.20. The average Bonchev–Trinajstić information content (AvgIpc) is 2.59. The Bertz CT molecular complexity index is 697. The van der Waals surface area contributed by atoms with Crippen LogP contribution in [-0.2, 0) is 4.74 Å². The smallest absolute Gasteiger partial charge is 0.255 e. The molecule has 0 unspecified atom stereocenters. The highest BCUT2D eigenvalue weighted by Gasteiger charge is 2.16. The van der Waals surface area contributed by atoms with Crippen LogP contribution in [0.3, 0.4) is 0 Å². The fourth-order valence-corrected chi connectivity index (χ4v) is 2.63. The van der Waals surface area contributed by atoms with Gasteiger partial charge in [0.05, 0.1) is 24.6 Å². The molecule has 1 fully saturated rings. The van der Waals surface area contributed by atoms with Crippen LogP contribution >= 0.6 is 0 Å². The molecule has 0 aliphatic carbocycles. The fourth-order valence-electron chi connectivity index (χ4n) is 2.63. The number of aryl methyl sites for hydroxylation is 1. The van der Waals surface area contributed by atoms with Crippen molar-refractivity contribution in [2.45, 2.75) is 6.92 Å². The molecular weight excluding hydrogens is 292 g/mol. The fraction of sp³-hybridized carbons (Fsp3) is 0.294. The van der Waals surface area contributed by atoms with E-state index < -0.39 is 0 Å². The Morgan fingerprint density at radius 1 is 1.26 bits per heavy atom. The molecule has 1 saturated heterocycles. The number of nitrogens with one attached hydrogen (secondary N) is 1. The van der Waals surface area contributed by atoms with Gasteiger partial charge < -0.3 is 20.7 Å². The van der Waals surface area contributed by atoms with E-state index in [4.69, 9.17) is 10.5 Å². The van der Waals surface area contributed by atoms with Gasteiger partial charge in [-0.1, -0.05) is 0 Å². The Morgan fingerprint density at radius 2 is 1.96 bits per heavy atom. The van der Waals surface area contributed by atoms with Crippen molar-refractivity contribution in [1.29, 1.82) is 0 Å². The number of hydrogen-bond donors (Lipinski definition) is 2. The summed E-state index contributed by atoms with van der Waals surface area (Å²) in [5.41, 5.74) is 10.1. The van der Waals surface area contributed by atoms with E-state index in [0.717, 1.165) is 30.0 Å². The molecule has 3 N–H and O–H groups in total. The number of morpholine rings is 1. The molecule has 0 atom stereocenters. The van der Waals surface area contributed by atoms with Gasteiger partial charge in [0.1, 0.15) is 0 Å². The van der Waals surface area contributed by atoms with Gasteiger partial charge in [-0.3, -0.25) is 9.78 Å². The van der Waals surface area contributed by atoms with Crippen LogP contribution in [0.4, 0.5) is 17.1 Å². The largest absolute Gasteiger partial charge is 0.397 e. The summed E-state index contributed by atoms with van der Waals surface area (Å²) in [7, 11) is 0. The number of pyridine rings is 1. The van der Waals surface area contributed by atoms with Crippen LogP contribution < -0.4 is 16.0 Å². The van der Waals surface area contributed by atoms with Gasteiger partial charge in [0.15, 0.2) is 0 Å². The second-order valence-corrected chi connectivity index (χ2v) is 5.52. The first-order valence-corrected chi connectivity index (χ1v) is 7.59. The number of benzene rings is 1. The Labute approximate surface area is 135 Å². The molecule has 1 aromatic heterocycles. The number of carbonyl (C=O) groups is 1. The second-order valence-electron chi connectivity index (χ2n) is 5.52. The van der Waals surface area contributed by atoms with Gasteiger partial charge in [-0.05, 0) is 36.8 Å². The molecule has 2 aromatic rings. The summed E-state index contributed by atoms with van der Waals surface area (Å²) in [5, 5.41) is 2.95. The molecule has 3 rings (SSSR count). The summed E-state index contributed by atoms with van der Waals surface area (Å²) in [6, 6.07) is 7.21. The van der Waals surface area contributed by atoms with E-state index >= 15 is 0 Å². The van der Waals surface area contributed by atoms with E-state index in [0.29, 0.717) is 24.5 Å². The number of nitrogens with two attached hydrogens (primary N) is 1. The molecule has 6 heteroatoms. The maximum Gasteiger partial charge on any atom is 0.255 e. The Kier molecular flexibility index (Phi) is 4.43. The highest BCUT2D eigenvalue weighted by molar-refractivity contribution is 6.05. The summed E-state index contributed by atoms with van der Waals surface area (Å²) < 4.78 is 5.38. The van der Waals surface area contributed by atoms with E-state index in [1.165, 1.54) is 0 Å². The number of aromatic nitrogens is 1. The van der Waals surface area contributed by atoms with Crippen LogP contribution in [0.5, 0.6) is 0 Å². The molecular formula is C17H20N4O2. The lowest BCUT2D eigenvalue weighted by atomic mass is 10.1. The van der Waals surface area contributed by atoms with E-state index in [1.54, 1.807) is 24.5 Å². The Balaban J connectivity index is 1.85. The number of amides is 1. The third kappa shape index (κ3) is 3.43. The minimum atomic E-state index is -0.159. The molecule has 1 amide bonds. The molecule has 0 saturated carbocycles. The first-order valence-electron chi connectivity index (χ1n) is 7.59. The normalized spacial score (nSPS) is 14.6. The summed E-state index contributed by atoms with van der Waals surface area (Å²) in [4.78, 5) is 18.4. The third-order valence-corrected chi connectivity index (χ3v) is 3.92. The first kappa shape index (κ1) is 15.3. The molecule has 1 aliphatic heterocycles. The van der Waals surface area contributed by atoms with E-state index in [2.05, 4.69) is 15.2 Å². The van der Waals surface area contributed by atoms with Crippen molar-refractivity contribution in [2.24, 2.45) is 0 Å². The maximum atomic E-state index is 12.3. The van der Waals surface area contributed by atoms with Crippen LogP contribution in [-0.4, -0.2) is 37.2 Å². The number of rotatable bonds is 3. The zero-order valence-electron chi connectivity index (χ0n) is 13.1. The molecule has 0 bridgehead atoms. The number of carbonyl (C=O) groups excluding carboxylic acids is 1. The number of hydrogen-bond acceptors (Lipinski definition) is 5. The van der Waals surface area contributed by atoms with Crippen LogP contribution in [0.15, 0.2) is 36.7 Å². The minimum absolute atomic E-state index is 0.159. The van der Waals surface area contributed by atoms with Crippen LogP contribution in [0.25, 0.3) is 0 Å². The second kappa shape index (κ2) is 6.66. The highest BCUT2D eigenvalue weighted by atomic mass is 16.5. The van der Waals surface area contributed by atoms with Crippen molar-refractivity contribution >= 4 is 23.0 Å². The lowest BCUT2D eigenvalue weighted by Gasteiger charge is -2.30. The average molecular weight is 312 g/mol. The first-order chi connectivity index (χ1) is 11.1. The van der Waals surface area contributed by atoms with E-state index in [-0.39, 0.29) is 5.91 Å². The summed E-state index contributed by atoms with van der Waals surface area (Å²) in [5.74, 6) is -0.159. The molecule has 1 aliphatic rings. The Hall–Kier alpha value is -2.60. The number of nitrogen functional groups attached to an aromatic ring is 1. The van der Waals surface area contributed by atoms with Gasteiger partial charge in [-0.2, -0.15) is 0 Å². The number of nitrogens with zero attached hydrogens (tertiary/aromatic N) is 2. The summed E-state index contributed by atoms with van der Waals surface area (Å²) >= 11 is 0. The van der Waals surface area contributed by atoms with Crippen molar-refractivity contribution in [1.82, 2.24) is 4.98 Å².